The summed E-state index contributed by atoms with van der Waals surface area (Å²) in [5.41, 5.74) is 2.84. The lowest BCUT2D eigenvalue weighted by molar-refractivity contribution is -0.385. The molecule has 0 saturated heterocycles. The van der Waals surface area contributed by atoms with E-state index in [0.717, 1.165) is 12.0 Å². The number of benzene rings is 3. The van der Waals surface area contributed by atoms with Crippen molar-refractivity contribution in [2.75, 3.05) is 11.9 Å². The Morgan fingerprint density at radius 3 is 2.78 bits per heavy atom. The van der Waals surface area contributed by atoms with Crippen molar-refractivity contribution in [1.82, 2.24) is 4.98 Å². The molecular weight excluding hydrogens is 414 g/mol. The van der Waals surface area contributed by atoms with Crippen molar-refractivity contribution in [3.63, 3.8) is 0 Å². The predicted octanol–water partition coefficient (Wildman–Crippen LogP) is 4.69. The molecule has 0 aliphatic heterocycles. The number of fused-ring (bicyclic) bond motifs is 1. The van der Waals surface area contributed by atoms with E-state index in [-0.39, 0.29) is 23.1 Å². The largest absolute Gasteiger partial charge is 0.507 e. The highest BCUT2D eigenvalue weighted by Crippen LogP contribution is 2.33. The van der Waals surface area contributed by atoms with Crippen LogP contribution in [0.1, 0.15) is 12.5 Å². The number of aryl methyl sites for hydroxylation is 1. The summed E-state index contributed by atoms with van der Waals surface area (Å²) in [7, 11) is 0. The second-order valence-corrected chi connectivity index (χ2v) is 6.97. The smallest absolute Gasteiger partial charge is 0.310 e. The van der Waals surface area contributed by atoms with Crippen molar-refractivity contribution in [2.24, 2.45) is 0 Å². The first-order valence-corrected chi connectivity index (χ1v) is 9.83. The summed E-state index contributed by atoms with van der Waals surface area (Å²) in [4.78, 5) is 27.2. The number of hydrogen-bond acceptors (Lipinski definition) is 7. The Labute approximate surface area is 182 Å². The summed E-state index contributed by atoms with van der Waals surface area (Å²) in [6.07, 6.45) is 0.860. The average Bonchev–Trinajstić information content (AvgIpc) is 3.22. The molecule has 32 heavy (non-hydrogen) atoms. The van der Waals surface area contributed by atoms with Crippen LogP contribution in [-0.4, -0.2) is 27.5 Å². The third kappa shape index (κ3) is 4.36. The molecule has 1 heterocycles. The van der Waals surface area contributed by atoms with Crippen LogP contribution in [0.4, 0.5) is 11.4 Å². The van der Waals surface area contributed by atoms with Crippen molar-refractivity contribution in [3.8, 4) is 23.0 Å². The van der Waals surface area contributed by atoms with Gasteiger partial charge in [-0.25, -0.2) is 4.98 Å². The zero-order chi connectivity index (χ0) is 22.7. The van der Waals surface area contributed by atoms with Gasteiger partial charge in [0, 0.05) is 11.8 Å². The number of anilines is 1. The monoisotopic (exact) mass is 433 g/mol. The van der Waals surface area contributed by atoms with E-state index in [1.807, 2.05) is 25.1 Å². The molecule has 1 aromatic heterocycles. The maximum atomic E-state index is 12.3. The Morgan fingerprint density at radius 2 is 2.00 bits per heavy atom. The lowest BCUT2D eigenvalue weighted by Gasteiger charge is -2.09. The first-order chi connectivity index (χ1) is 15.4. The fourth-order valence-corrected chi connectivity index (χ4v) is 3.16. The number of nitrogens with zero attached hydrogens (tertiary/aromatic N) is 2. The van der Waals surface area contributed by atoms with Crippen LogP contribution in [-0.2, 0) is 11.2 Å². The standard InChI is InChI=1S/C23H19N3O6/c1-2-14-7-10-20-17(11-14)25-23(32-20)16-12-15(8-9-19(16)27)24-22(28)13-31-21-6-4-3-5-18(21)26(29)30/h3-12,27H,2,13H2,1H3,(H,24,28). The van der Waals surface area contributed by atoms with E-state index >= 15 is 0 Å². The molecule has 4 rings (SSSR count). The van der Waals surface area contributed by atoms with Crippen LogP contribution in [0, 0.1) is 10.1 Å². The van der Waals surface area contributed by atoms with Gasteiger partial charge in [0.25, 0.3) is 5.91 Å². The molecule has 2 N–H and O–H groups in total. The SMILES string of the molecule is CCc1ccc2oc(-c3cc(NC(=O)COc4ccccc4[N+](=O)[O-])ccc3O)nc2c1. The van der Waals surface area contributed by atoms with Crippen molar-refractivity contribution in [1.29, 1.82) is 0 Å². The van der Waals surface area contributed by atoms with Gasteiger partial charge in [-0.15, -0.1) is 0 Å². The van der Waals surface area contributed by atoms with E-state index in [1.165, 1.54) is 36.4 Å². The number of amides is 1. The number of nitro benzene ring substituents is 1. The molecule has 4 aromatic rings. The Kier molecular flexibility index (Phi) is 5.71. The lowest BCUT2D eigenvalue weighted by Crippen LogP contribution is -2.20. The molecule has 0 fully saturated rings. The molecule has 0 spiro atoms. The minimum absolute atomic E-state index is 0.00281. The molecule has 9 nitrogen and oxygen atoms in total. The molecule has 9 heteroatoms. The van der Waals surface area contributed by atoms with Crippen molar-refractivity contribution < 1.29 is 24.0 Å². The van der Waals surface area contributed by atoms with Crippen LogP contribution in [0.2, 0.25) is 0 Å². The fourth-order valence-electron chi connectivity index (χ4n) is 3.16. The van der Waals surface area contributed by atoms with Gasteiger partial charge < -0.3 is 19.6 Å². The normalized spacial score (nSPS) is 10.8. The van der Waals surface area contributed by atoms with Gasteiger partial charge in [0.15, 0.2) is 17.9 Å². The van der Waals surface area contributed by atoms with Gasteiger partial charge in [-0.05, 0) is 48.4 Å². The number of nitrogens with one attached hydrogen (secondary N) is 1. The lowest BCUT2D eigenvalue weighted by atomic mass is 10.1. The van der Waals surface area contributed by atoms with Crippen LogP contribution < -0.4 is 10.1 Å². The first-order valence-electron chi connectivity index (χ1n) is 9.83. The van der Waals surface area contributed by atoms with Gasteiger partial charge >= 0.3 is 5.69 Å². The minimum atomic E-state index is -0.580. The summed E-state index contributed by atoms with van der Waals surface area (Å²) in [5.74, 6) is -0.360. The number of ether oxygens (including phenoxy) is 1. The molecule has 162 valence electrons. The zero-order valence-electron chi connectivity index (χ0n) is 17.1. The minimum Gasteiger partial charge on any atom is -0.507 e. The number of nitro groups is 1. The average molecular weight is 433 g/mol. The number of oxazole rings is 1. The Hall–Kier alpha value is -4.40. The van der Waals surface area contributed by atoms with Gasteiger partial charge in [0.2, 0.25) is 5.89 Å². The van der Waals surface area contributed by atoms with Gasteiger partial charge in [-0.3, -0.25) is 14.9 Å². The van der Waals surface area contributed by atoms with Crippen LogP contribution in [0.15, 0.2) is 65.1 Å². The number of aromatic nitrogens is 1. The van der Waals surface area contributed by atoms with Gasteiger partial charge in [-0.2, -0.15) is 0 Å². The maximum Gasteiger partial charge on any atom is 0.310 e. The molecule has 0 aliphatic carbocycles. The van der Waals surface area contributed by atoms with Gasteiger partial charge in [-0.1, -0.05) is 25.1 Å². The van der Waals surface area contributed by atoms with Crippen LogP contribution in [0.5, 0.6) is 11.5 Å². The highest BCUT2D eigenvalue weighted by atomic mass is 16.6. The summed E-state index contributed by atoms with van der Waals surface area (Å²) in [6, 6.07) is 16.0. The summed E-state index contributed by atoms with van der Waals surface area (Å²) in [5, 5.41) is 24.0. The van der Waals surface area contributed by atoms with E-state index in [2.05, 4.69) is 10.3 Å². The molecule has 0 bridgehead atoms. The number of hydrogen-bond donors (Lipinski definition) is 2. The molecule has 0 saturated carbocycles. The number of carbonyl (C=O) groups excluding carboxylic acids is 1. The second kappa shape index (κ2) is 8.76. The number of phenols is 1. The zero-order valence-corrected chi connectivity index (χ0v) is 17.1. The van der Waals surface area contributed by atoms with Crippen molar-refractivity contribution in [2.45, 2.75) is 13.3 Å². The van der Waals surface area contributed by atoms with E-state index in [4.69, 9.17) is 9.15 Å². The van der Waals surface area contributed by atoms with Crippen LogP contribution in [0.3, 0.4) is 0 Å². The Morgan fingerprint density at radius 1 is 1.19 bits per heavy atom. The van der Waals surface area contributed by atoms with Crippen LogP contribution in [0.25, 0.3) is 22.6 Å². The van der Waals surface area contributed by atoms with Crippen molar-refractivity contribution >= 4 is 28.4 Å². The third-order valence-corrected chi connectivity index (χ3v) is 4.79. The molecule has 3 aromatic carbocycles. The van der Waals surface area contributed by atoms with E-state index in [9.17, 15) is 20.0 Å². The molecule has 0 aliphatic rings. The number of aromatic hydroxyl groups is 1. The number of rotatable bonds is 7. The highest BCUT2D eigenvalue weighted by Gasteiger charge is 2.17. The Balaban J connectivity index is 1.50. The summed E-state index contributed by atoms with van der Waals surface area (Å²) >= 11 is 0. The second-order valence-electron chi connectivity index (χ2n) is 6.97. The summed E-state index contributed by atoms with van der Waals surface area (Å²) in [6.45, 7) is 1.61. The van der Waals surface area contributed by atoms with Crippen molar-refractivity contribution in [3.05, 3.63) is 76.3 Å². The summed E-state index contributed by atoms with van der Waals surface area (Å²) < 4.78 is 11.1. The fraction of sp³-hybridized carbons (Fsp3) is 0.130. The molecule has 0 radical (unpaired) electrons. The van der Waals surface area contributed by atoms with E-state index in [1.54, 1.807) is 6.07 Å². The predicted molar refractivity (Wildman–Crippen MR) is 118 cm³/mol. The van der Waals surface area contributed by atoms with Crippen LogP contribution >= 0.6 is 0 Å². The number of para-hydroxylation sites is 2. The quantitative estimate of drug-likeness (QED) is 0.246. The first kappa shape index (κ1) is 20.9. The molecule has 0 unspecified atom stereocenters. The van der Waals surface area contributed by atoms with E-state index in [0.29, 0.717) is 22.4 Å². The van der Waals surface area contributed by atoms with Gasteiger partial charge in [0.1, 0.15) is 11.3 Å². The highest BCUT2D eigenvalue weighted by molar-refractivity contribution is 5.93. The number of carbonyl (C=O) groups is 1. The Bertz CT molecular complexity index is 1310. The maximum absolute atomic E-state index is 12.3. The molecule has 1 amide bonds. The molecular formula is C23H19N3O6. The number of phenolic OH excluding ortho intramolecular Hbond substituents is 1. The van der Waals surface area contributed by atoms with E-state index < -0.39 is 17.4 Å². The topological polar surface area (TPSA) is 128 Å². The van der Waals surface area contributed by atoms with Gasteiger partial charge in [0.05, 0.1) is 10.5 Å². The third-order valence-electron chi connectivity index (χ3n) is 4.79. The molecule has 0 atom stereocenters.